The fraction of sp³-hybridized carbons (Fsp3) is 0.533. The first-order chi connectivity index (χ1) is 10.5. The molecule has 116 valence electrons. The minimum atomic E-state index is -0.0817. The predicted octanol–water partition coefficient (Wildman–Crippen LogP) is 1.89. The quantitative estimate of drug-likeness (QED) is 0.915. The highest BCUT2D eigenvalue weighted by atomic mass is 16.2. The number of likely N-dealkylation sites (tertiary alicyclic amines) is 1. The number of nitrogens with one attached hydrogen (secondary N) is 1. The molecule has 1 atom stereocenters. The van der Waals surface area contributed by atoms with Gasteiger partial charge in [-0.2, -0.15) is 5.10 Å². The first-order valence-electron chi connectivity index (χ1n) is 7.57. The summed E-state index contributed by atoms with van der Waals surface area (Å²) < 4.78 is 0. The van der Waals surface area contributed by atoms with Crippen molar-refractivity contribution in [3.05, 3.63) is 34.9 Å². The van der Waals surface area contributed by atoms with Crippen molar-refractivity contribution in [2.75, 3.05) is 6.54 Å². The molecule has 1 aliphatic rings. The van der Waals surface area contributed by atoms with Gasteiger partial charge in [0.05, 0.1) is 6.04 Å². The maximum absolute atomic E-state index is 12.9. The largest absolute Gasteiger partial charge is 0.327 e. The van der Waals surface area contributed by atoms with Gasteiger partial charge in [-0.05, 0) is 46.1 Å². The molecule has 7 nitrogen and oxygen atoms in total. The molecule has 2 aromatic heterocycles. The zero-order valence-corrected chi connectivity index (χ0v) is 13.1. The Kier molecular flexibility index (Phi) is 3.87. The molecular formula is C15H20N6O. The van der Waals surface area contributed by atoms with Crippen LogP contribution in [-0.4, -0.2) is 42.5 Å². The maximum Gasteiger partial charge on any atom is 0.273 e. The van der Waals surface area contributed by atoms with E-state index < -0.39 is 0 Å². The number of carbonyl (C=O) groups is 1. The van der Waals surface area contributed by atoms with E-state index in [0.29, 0.717) is 23.9 Å². The van der Waals surface area contributed by atoms with Crippen LogP contribution in [0.5, 0.6) is 0 Å². The second-order valence-electron chi connectivity index (χ2n) is 5.73. The second kappa shape index (κ2) is 5.82. The number of aromatic amines is 1. The average Bonchev–Trinajstić information content (AvgIpc) is 2.92. The lowest BCUT2D eigenvalue weighted by Crippen LogP contribution is -2.39. The molecule has 0 spiro atoms. The Balaban J connectivity index is 1.91. The van der Waals surface area contributed by atoms with Crippen LogP contribution < -0.4 is 0 Å². The molecule has 3 rings (SSSR count). The van der Waals surface area contributed by atoms with Crippen LogP contribution in [0.15, 0.2) is 6.07 Å². The molecule has 0 saturated carbocycles. The Morgan fingerprint density at radius 3 is 2.73 bits per heavy atom. The average molecular weight is 300 g/mol. The topological polar surface area (TPSA) is 87.7 Å². The molecule has 1 amide bonds. The van der Waals surface area contributed by atoms with E-state index in [0.717, 1.165) is 30.8 Å². The molecular weight excluding hydrogens is 280 g/mol. The molecule has 0 bridgehead atoms. The first kappa shape index (κ1) is 14.6. The number of nitrogens with zero attached hydrogens (tertiary/aromatic N) is 5. The number of H-pyrrole nitrogens is 1. The Morgan fingerprint density at radius 1 is 1.23 bits per heavy atom. The third-order valence-electron chi connectivity index (χ3n) is 3.86. The standard InChI is InChI=1S/C15H20N6O/c1-9-8-12(17-10(2)16-9)15(22)21-7-5-4-6-13(21)14-18-11(3)19-20-14/h8,13H,4-7H2,1-3H3,(H,18,19,20)/t13-/m0/s1. The third kappa shape index (κ3) is 2.84. The zero-order valence-electron chi connectivity index (χ0n) is 13.1. The fourth-order valence-electron chi connectivity index (χ4n) is 2.93. The minimum Gasteiger partial charge on any atom is -0.327 e. The van der Waals surface area contributed by atoms with Gasteiger partial charge >= 0.3 is 0 Å². The van der Waals surface area contributed by atoms with Gasteiger partial charge in [0, 0.05) is 12.2 Å². The molecule has 22 heavy (non-hydrogen) atoms. The second-order valence-corrected chi connectivity index (χ2v) is 5.73. The molecule has 2 aromatic rings. The summed E-state index contributed by atoms with van der Waals surface area (Å²) in [4.78, 5) is 27.6. The van der Waals surface area contributed by atoms with Crippen LogP contribution in [-0.2, 0) is 0 Å². The summed E-state index contributed by atoms with van der Waals surface area (Å²) in [5.41, 5.74) is 1.25. The molecule has 0 aromatic carbocycles. The molecule has 1 N–H and O–H groups in total. The Hall–Kier alpha value is -2.31. The van der Waals surface area contributed by atoms with Gasteiger partial charge in [0.2, 0.25) is 0 Å². The number of amides is 1. The normalized spacial score (nSPS) is 18.5. The molecule has 0 unspecified atom stereocenters. The van der Waals surface area contributed by atoms with Crippen molar-refractivity contribution in [1.82, 2.24) is 30.0 Å². The van der Waals surface area contributed by atoms with Gasteiger partial charge in [0.15, 0.2) is 5.82 Å². The molecule has 0 aliphatic carbocycles. The van der Waals surface area contributed by atoms with E-state index in [-0.39, 0.29) is 11.9 Å². The summed E-state index contributed by atoms with van der Waals surface area (Å²) in [5.74, 6) is 2.00. The number of carbonyl (C=O) groups excluding carboxylic acids is 1. The van der Waals surface area contributed by atoms with Crippen molar-refractivity contribution >= 4 is 5.91 Å². The Bertz CT molecular complexity index is 675. The highest BCUT2D eigenvalue weighted by Gasteiger charge is 2.32. The lowest BCUT2D eigenvalue weighted by Gasteiger charge is -2.33. The van der Waals surface area contributed by atoms with Gasteiger partial charge in [0.1, 0.15) is 17.3 Å². The molecule has 1 fully saturated rings. The first-order valence-corrected chi connectivity index (χ1v) is 7.57. The lowest BCUT2D eigenvalue weighted by molar-refractivity contribution is 0.0593. The van der Waals surface area contributed by atoms with Gasteiger partial charge in [-0.25, -0.2) is 15.0 Å². The number of rotatable bonds is 2. The van der Waals surface area contributed by atoms with Crippen LogP contribution in [0.3, 0.4) is 0 Å². The van der Waals surface area contributed by atoms with Gasteiger partial charge in [-0.1, -0.05) is 0 Å². The van der Waals surface area contributed by atoms with E-state index in [9.17, 15) is 4.79 Å². The summed E-state index contributed by atoms with van der Waals surface area (Å²) in [5, 5.41) is 7.10. The van der Waals surface area contributed by atoms with Gasteiger partial charge in [-0.3, -0.25) is 9.89 Å². The van der Waals surface area contributed by atoms with E-state index in [4.69, 9.17) is 0 Å². The summed E-state index contributed by atoms with van der Waals surface area (Å²) >= 11 is 0. The number of hydrogen-bond donors (Lipinski definition) is 1. The number of aromatic nitrogens is 5. The van der Waals surface area contributed by atoms with E-state index in [1.807, 2.05) is 18.7 Å². The molecule has 1 aliphatic heterocycles. The SMILES string of the molecule is Cc1cc(C(=O)N2CCCC[C@H]2c2n[nH]c(C)n2)nc(C)n1. The van der Waals surface area contributed by atoms with Crippen molar-refractivity contribution < 1.29 is 4.79 Å². The summed E-state index contributed by atoms with van der Waals surface area (Å²) in [6.07, 6.45) is 2.95. The van der Waals surface area contributed by atoms with Gasteiger partial charge in [-0.15, -0.1) is 0 Å². The van der Waals surface area contributed by atoms with Gasteiger partial charge in [0.25, 0.3) is 5.91 Å². The van der Waals surface area contributed by atoms with Crippen LogP contribution in [0.1, 0.15) is 59.0 Å². The van der Waals surface area contributed by atoms with Crippen LogP contribution in [0, 0.1) is 20.8 Å². The monoisotopic (exact) mass is 300 g/mol. The summed E-state index contributed by atoms with van der Waals surface area (Å²) in [6, 6.07) is 1.66. The number of aryl methyl sites for hydroxylation is 3. The number of hydrogen-bond acceptors (Lipinski definition) is 5. The summed E-state index contributed by atoms with van der Waals surface area (Å²) in [7, 11) is 0. The molecule has 0 radical (unpaired) electrons. The molecule has 1 saturated heterocycles. The van der Waals surface area contributed by atoms with Gasteiger partial charge < -0.3 is 4.90 Å². The van der Waals surface area contributed by atoms with Crippen LogP contribution in [0.2, 0.25) is 0 Å². The van der Waals surface area contributed by atoms with Crippen LogP contribution >= 0.6 is 0 Å². The van der Waals surface area contributed by atoms with Crippen molar-refractivity contribution in [2.24, 2.45) is 0 Å². The van der Waals surface area contributed by atoms with Crippen molar-refractivity contribution in [2.45, 2.75) is 46.1 Å². The maximum atomic E-state index is 12.9. The number of piperidine rings is 1. The lowest BCUT2D eigenvalue weighted by atomic mass is 10.0. The van der Waals surface area contributed by atoms with Crippen molar-refractivity contribution in [3.8, 4) is 0 Å². The molecule has 7 heteroatoms. The Morgan fingerprint density at radius 2 is 2.05 bits per heavy atom. The third-order valence-corrected chi connectivity index (χ3v) is 3.86. The molecule has 3 heterocycles. The van der Waals surface area contributed by atoms with Crippen LogP contribution in [0.4, 0.5) is 0 Å². The van der Waals surface area contributed by atoms with Crippen molar-refractivity contribution in [1.29, 1.82) is 0 Å². The Labute approximate surface area is 129 Å². The minimum absolute atomic E-state index is 0.0687. The van der Waals surface area contributed by atoms with E-state index >= 15 is 0 Å². The highest BCUT2D eigenvalue weighted by molar-refractivity contribution is 5.92. The highest BCUT2D eigenvalue weighted by Crippen LogP contribution is 2.30. The van der Waals surface area contributed by atoms with Crippen molar-refractivity contribution in [3.63, 3.8) is 0 Å². The smallest absolute Gasteiger partial charge is 0.273 e. The fourth-order valence-corrected chi connectivity index (χ4v) is 2.93. The van der Waals surface area contributed by atoms with Crippen LogP contribution in [0.25, 0.3) is 0 Å². The van der Waals surface area contributed by atoms with E-state index in [1.165, 1.54) is 0 Å². The zero-order chi connectivity index (χ0) is 15.7. The predicted molar refractivity (Wildman–Crippen MR) is 80.3 cm³/mol. The van der Waals surface area contributed by atoms with E-state index in [1.54, 1.807) is 13.0 Å². The summed E-state index contributed by atoms with van der Waals surface area (Å²) in [6.45, 7) is 6.25. The van der Waals surface area contributed by atoms with E-state index in [2.05, 4.69) is 25.1 Å².